The van der Waals surface area contributed by atoms with Gasteiger partial charge in [0.05, 0.1) is 15.4 Å². The highest BCUT2D eigenvalue weighted by atomic mass is 79.9. The molecule has 0 spiro atoms. The topological polar surface area (TPSA) is 12.9 Å². The molecule has 0 radical (unpaired) electrons. The summed E-state index contributed by atoms with van der Waals surface area (Å²) >= 11 is 14.6. The quantitative estimate of drug-likeness (QED) is 0.687. The first-order chi connectivity index (χ1) is 4.75. The molecule has 10 heavy (non-hydrogen) atoms. The van der Waals surface area contributed by atoms with Gasteiger partial charge in [-0.3, -0.25) is 4.98 Å². The molecule has 1 heterocycles. The smallest absolute Gasteiger partial charge is 0.0623 e. The minimum Gasteiger partial charge on any atom is -0.263 e. The third kappa shape index (κ3) is 1.62. The van der Waals surface area contributed by atoms with E-state index in [0.717, 1.165) is 10.0 Å². The van der Waals surface area contributed by atoms with Crippen LogP contribution in [0.15, 0.2) is 16.9 Å². The number of rotatable bonds is 1. The Balaban J connectivity index is 3.14. The number of hydrogen-bond donors (Lipinski definition) is 0. The van der Waals surface area contributed by atoms with Crippen LogP contribution in [0.1, 0.15) is 5.56 Å². The zero-order valence-corrected chi connectivity index (χ0v) is 8.04. The molecule has 0 amide bonds. The van der Waals surface area contributed by atoms with Gasteiger partial charge in [0.1, 0.15) is 0 Å². The molecule has 0 saturated carbocycles. The maximum Gasteiger partial charge on any atom is 0.0623 e. The number of pyridine rings is 1. The molecule has 0 atom stereocenters. The van der Waals surface area contributed by atoms with E-state index in [-0.39, 0.29) is 0 Å². The van der Waals surface area contributed by atoms with Crippen LogP contribution in [-0.2, 0) is 5.88 Å². The van der Waals surface area contributed by atoms with E-state index in [9.17, 15) is 0 Å². The Hall–Kier alpha value is 0.210. The highest BCUT2D eigenvalue weighted by Gasteiger charge is 2.01. The average Bonchev–Trinajstić information content (AvgIpc) is 1.95. The van der Waals surface area contributed by atoms with Crippen molar-refractivity contribution in [3.8, 4) is 0 Å². The fourth-order valence-corrected chi connectivity index (χ4v) is 1.36. The van der Waals surface area contributed by atoms with Crippen LogP contribution in [-0.4, -0.2) is 4.98 Å². The van der Waals surface area contributed by atoms with E-state index < -0.39 is 0 Å². The summed E-state index contributed by atoms with van der Waals surface area (Å²) in [5, 5.41) is 0.644. The Morgan fingerprint density at radius 1 is 1.50 bits per heavy atom. The third-order valence-corrected chi connectivity index (χ3v) is 2.62. The van der Waals surface area contributed by atoms with Crippen LogP contribution in [0, 0.1) is 0 Å². The fourth-order valence-electron chi connectivity index (χ4n) is 0.553. The van der Waals surface area contributed by atoms with Gasteiger partial charge in [-0.2, -0.15) is 0 Å². The van der Waals surface area contributed by atoms with Gasteiger partial charge in [0.2, 0.25) is 0 Å². The van der Waals surface area contributed by atoms with E-state index in [2.05, 4.69) is 20.9 Å². The molecule has 1 rings (SSSR count). The first kappa shape index (κ1) is 8.31. The zero-order chi connectivity index (χ0) is 7.56. The van der Waals surface area contributed by atoms with Gasteiger partial charge in [0.15, 0.2) is 0 Å². The molecule has 0 aromatic carbocycles. The van der Waals surface area contributed by atoms with Crippen molar-refractivity contribution in [3.05, 3.63) is 27.5 Å². The number of halogens is 3. The maximum absolute atomic E-state index is 5.82. The second-order valence-electron chi connectivity index (χ2n) is 1.73. The lowest BCUT2D eigenvalue weighted by Crippen LogP contribution is -1.83. The predicted molar refractivity (Wildman–Crippen MR) is 46.5 cm³/mol. The molecule has 0 aliphatic rings. The van der Waals surface area contributed by atoms with Crippen molar-refractivity contribution in [3.63, 3.8) is 0 Å². The highest BCUT2D eigenvalue weighted by Crippen LogP contribution is 2.25. The minimum atomic E-state index is 0.394. The molecule has 1 nitrogen and oxygen atoms in total. The second kappa shape index (κ2) is 3.56. The Labute approximate surface area is 77.5 Å². The van der Waals surface area contributed by atoms with Crippen molar-refractivity contribution >= 4 is 39.1 Å². The predicted octanol–water partition coefficient (Wildman–Crippen LogP) is 3.24. The summed E-state index contributed by atoms with van der Waals surface area (Å²) in [6, 6.07) is 0. The van der Waals surface area contributed by atoms with Crippen molar-refractivity contribution in [2.75, 3.05) is 0 Å². The zero-order valence-electron chi connectivity index (χ0n) is 4.94. The van der Waals surface area contributed by atoms with Gasteiger partial charge in [-0.25, -0.2) is 0 Å². The molecule has 0 aliphatic heterocycles. The molecule has 0 N–H and O–H groups in total. The Morgan fingerprint density at radius 2 is 2.20 bits per heavy atom. The van der Waals surface area contributed by atoms with Gasteiger partial charge < -0.3 is 0 Å². The van der Waals surface area contributed by atoms with Crippen LogP contribution >= 0.6 is 39.1 Å². The van der Waals surface area contributed by atoms with Crippen molar-refractivity contribution < 1.29 is 0 Å². The van der Waals surface area contributed by atoms with E-state index in [1.165, 1.54) is 0 Å². The van der Waals surface area contributed by atoms with Gasteiger partial charge in [-0.1, -0.05) is 11.6 Å². The van der Waals surface area contributed by atoms with E-state index in [1.54, 1.807) is 12.4 Å². The van der Waals surface area contributed by atoms with Gasteiger partial charge in [-0.15, -0.1) is 11.6 Å². The number of aromatic nitrogens is 1. The molecule has 54 valence electrons. The molecule has 0 aliphatic carbocycles. The van der Waals surface area contributed by atoms with Gasteiger partial charge in [0, 0.05) is 18.0 Å². The van der Waals surface area contributed by atoms with Crippen LogP contribution < -0.4 is 0 Å². The largest absolute Gasteiger partial charge is 0.263 e. The standard InChI is InChI=1S/C6H4BrCl2N/c7-5-3-10-2-4(1-8)6(5)9/h2-3H,1H2. The number of nitrogens with zero attached hydrogens (tertiary/aromatic N) is 1. The van der Waals surface area contributed by atoms with Crippen LogP contribution in [0.3, 0.4) is 0 Å². The van der Waals surface area contributed by atoms with E-state index in [0.29, 0.717) is 10.9 Å². The summed E-state index contributed by atoms with van der Waals surface area (Å²) in [5.74, 6) is 0.394. The van der Waals surface area contributed by atoms with Crippen LogP contribution in [0.4, 0.5) is 0 Å². The summed E-state index contributed by atoms with van der Waals surface area (Å²) in [6.07, 6.45) is 3.29. The van der Waals surface area contributed by atoms with Crippen molar-refractivity contribution in [1.82, 2.24) is 4.98 Å². The molecule has 0 saturated heterocycles. The summed E-state index contributed by atoms with van der Waals surface area (Å²) < 4.78 is 0.785. The van der Waals surface area contributed by atoms with E-state index >= 15 is 0 Å². The summed E-state index contributed by atoms with van der Waals surface area (Å²) in [6.45, 7) is 0. The Kier molecular flexibility index (Phi) is 2.96. The summed E-state index contributed by atoms with van der Waals surface area (Å²) in [4.78, 5) is 3.90. The number of alkyl halides is 1. The summed E-state index contributed by atoms with van der Waals surface area (Å²) in [5.41, 5.74) is 0.845. The fraction of sp³-hybridized carbons (Fsp3) is 0.167. The SMILES string of the molecule is ClCc1cncc(Br)c1Cl. The van der Waals surface area contributed by atoms with Crippen LogP contribution in [0.25, 0.3) is 0 Å². The molecule has 4 heteroatoms. The van der Waals surface area contributed by atoms with Crippen molar-refractivity contribution in [1.29, 1.82) is 0 Å². The van der Waals surface area contributed by atoms with Crippen LogP contribution in [0.5, 0.6) is 0 Å². The van der Waals surface area contributed by atoms with Gasteiger partial charge >= 0.3 is 0 Å². The monoisotopic (exact) mass is 239 g/mol. The Morgan fingerprint density at radius 3 is 2.70 bits per heavy atom. The average molecular weight is 241 g/mol. The van der Waals surface area contributed by atoms with E-state index in [1.807, 2.05) is 0 Å². The first-order valence-corrected chi connectivity index (χ1v) is 4.30. The molecule has 0 bridgehead atoms. The maximum atomic E-state index is 5.82. The lowest BCUT2D eigenvalue weighted by molar-refractivity contribution is 1.23. The van der Waals surface area contributed by atoms with Crippen LogP contribution in [0.2, 0.25) is 5.02 Å². The van der Waals surface area contributed by atoms with Crippen molar-refractivity contribution in [2.45, 2.75) is 5.88 Å². The third-order valence-electron chi connectivity index (χ3n) is 1.05. The second-order valence-corrected chi connectivity index (χ2v) is 3.23. The molecule has 1 aromatic heterocycles. The van der Waals surface area contributed by atoms with Gasteiger partial charge in [-0.05, 0) is 15.9 Å². The first-order valence-electron chi connectivity index (χ1n) is 2.59. The molecule has 0 unspecified atom stereocenters. The Bertz CT molecular complexity index is 239. The number of hydrogen-bond acceptors (Lipinski definition) is 1. The highest BCUT2D eigenvalue weighted by molar-refractivity contribution is 9.10. The van der Waals surface area contributed by atoms with Gasteiger partial charge in [0.25, 0.3) is 0 Å². The van der Waals surface area contributed by atoms with E-state index in [4.69, 9.17) is 23.2 Å². The summed E-state index contributed by atoms with van der Waals surface area (Å²) in [7, 11) is 0. The molecular formula is C6H4BrCl2N. The minimum absolute atomic E-state index is 0.394. The lowest BCUT2D eigenvalue weighted by atomic mass is 10.3. The van der Waals surface area contributed by atoms with Crippen molar-refractivity contribution in [2.24, 2.45) is 0 Å². The normalized spacial score (nSPS) is 9.90. The lowest BCUT2D eigenvalue weighted by Gasteiger charge is -1.98. The molecule has 1 aromatic rings. The molecule has 0 fully saturated rings. The molecular weight excluding hydrogens is 237 g/mol.